The van der Waals surface area contributed by atoms with E-state index in [2.05, 4.69) is 15.2 Å². The van der Waals surface area contributed by atoms with Crippen molar-refractivity contribution >= 4 is 23.7 Å². The van der Waals surface area contributed by atoms with Crippen molar-refractivity contribution in [2.45, 2.75) is 18.9 Å². The number of carbonyl (C=O) groups excluding carboxylic acids is 2. The van der Waals surface area contributed by atoms with Crippen molar-refractivity contribution in [3.63, 3.8) is 0 Å². The topological polar surface area (TPSA) is 103 Å². The van der Waals surface area contributed by atoms with E-state index in [0.717, 1.165) is 19.2 Å². The zero-order valence-electron chi connectivity index (χ0n) is 13.4. The minimum atomic E-state index is -2.05. The summed E-state index contributed by atoms with van der Waals surface area (Å²) in [6, 6.07) is 3.28. The van der Waals surface area contributed by atoms with Crippen LogP contribution in [0.5, 0.6) is 0 Å². The average molecular weight is 372 g/mol. The number of hydrogen-bond donors (Lipinski definition) is 1. The Hall–Kier alpha value is -2.68. The van der Waals surface area contributed by atoms with Crippen molar-refractivity contribution in [3.8, 4) is 0 Å². The molecule has 1 heterocycles. The van der Waals surface area contributed by atoms with Gasteiger partial charge < -0.3 is 14.2 Å². The van der Waals surface area contributed by atoms with E-state index in [4.69, 9.17) is 25.8 Å². The van der Waals surface area contributed by atoms with E-state index in [9.17, 15) is 14.0 Å². The predicted molar refractivity (Wildman–Crippen MR) is 83.3 cm³/mol. The minimum absolute atomic E-state index is 0.0141. The molecule has 1 aromatic carbocycles. The summed E-state index contributed by atoms with van der Waals surface area (Å²) in [5.74, 6) is -1.42. The van der Waals surface area contributed by atoms with Crippen LogP contribution in [0, 0.1) is 5.82 Å². The molecule has 0 saturated heterocycles. The molecule has 0 radical (unpaired) electrons. The smallest absolute Gasteiger partial charge is 0.466 e. The summed E-state index contributed by atoms with van der Waals surface area (Å²) < 4.78 is 28.2. The van der Waals surface area contributed by atoms with Crippen LogP contribution in [0.4, 0.5) is 9.18 Å². The second-order valence-electron chi connectivity index (χ2n) is 4.82. The number of H-pyrrole nitrogens is 1. The maximum atomic E-state index is 13.4. The molecule has 8 nitrogen and oxygen atoms in total. The lowest BCUT2D eigenvalue weighted by atomic mass is 9.89. The summed E-state index contributed by atoms with van der Waals surface area (Å²) in [7, 11) is 1.11. The number of nitrogens with zero attached hydrogens (tertiary/aromatic N) is 2. The van der Waals surface area contributed by atoms with E-state index in [1.54, 1.807) is 6.92 Å². The number of esters is 1. The van der Waals surface area contributed by atoms with E-state index in [1.165, 1.54) is 12.4 Å². The first-order valence-corrected chi connectivity index (χ1v) is 7.55. The lowest BCUT2D eigenvalue weighted by molar-refractivity contribution is -0.166. The summed E-state index contributed by atoms with van der Waals surface area (Å²) in [5, 5.41) is 6.20. The fourth-order valence-corrected chi connectivity index (χ4v) is 2.54. The molecule has 0 amide bonds. The van der Waals surface area contributed by atoms with Crippen molar-refractivity contribution in [1.82, 2.24) is 15.2 Å². The van der Waals surface area contributed by atoms with E-state index in [1.807, 2.05) is 0 Å². The van der Waals surface area contributed by atoms with Crippen molar-refractivity contribution < 1.29 is 28.2 Å². The maximum Gasteiger partial charge on any atom is 0.509 e. The molecule has 0 fully saturated rings. The molecule has 1 aromatic heterocycles. The molecule has 0 aliphatic rings. The number of halogens is 2. The standard InChI is InChI=1S/C15H15ClFN3O5/c1-3-24-14(22)25-15(13(21)23-2,7-12-18-8-19-20-12)10-5-4-9(17)6-11(10)16/h4-6,8H,3,7H2,1-2H3,(H,18,19,20). The molecule has 0 aliphatic carbocycles. The van der Waals surface area contributed by atoms with Crippen LogP contribution in [0.15, 0.2) is 24.5 Å². The second kappa shape index (κ2) is 7.93. The van der Waals surface area contributed by atoms with Crippen molar-refractivity contribution in [1.29, 1.82) is 0 Å². The van der Waals surface area contributed by atoms with Crippen LogP contribution in [0.3, 0.4) is 0 Å². The van der Waals surface area contributed by atoms with Crippen LogP contribution in [0.25, 0.3) is 0 Å². The van der Waals surface area contributed by atoms with Crippen LogP contribution < -0.4 is 0 Å². The Morgan fingerprint density at radius 2 is 2.16 bits per heavy atom. The molecule has 10 heteroatoms. The fraction of sp³-hybridized carbons (Fsp3) is 0.333. The fourth-order valence-electron chi connectivity index (χ4n) is 2.22. The summed E-state index contributed by atoms with van der Waals surface area (Å²) in [6.07, 6.45) is -0.134. The molecule has 25 heavy (non-hydrogen) atoms. The number of methoxy groups -OCH3 is 1. The van der Waals surface area contributed by atoms with Crippen molar-refractivity contribution in [2.24, 2.45) is 0 Å². The summed E-state index contributed by atoms with van der Waals surface area (Å²) in [4.78, 5) is 28.4. The first-order valence-electron chi connectivity index (χ1n) is 7.17. The Morgan fingerprint density at radius 3 is 2.72 bits per heavy atom. The van der Waals surface area contributed by atoms with Gasteiger partial charge in [0.1, 0.15) is 12.1 Å². The minimum Gasteiger partial charge on any atom is -0.466 e. The first-order chi connectivity index (χ1) is 11.9. The highest BCUT2D eigenvalue weighted by Crippen LogP contribution is 2.36. The molecule has 0 aliphatic heterocycles. The van der Waals surface area contributed by atoms with Gasteiger partial charge in [-0.05, 0) is 25.1 Å². The Labute approximate surface area is 147 Å². The number of hydrogen-bond acceptors (Lipinski definition) is 7. The van der Waals surface area contributed by atoms with Gasteiger partial charge in [-0.2, -0.15) is 5.10 Å². The number of benzene rings is 1. The van der Waals surface area contributed by atoms with Gasteiger partial charge in [-0.15, -0.1) is 0 Å². The third-order valence-corrected chi connectivity index (χ3v) is 3.59. The van der Waals surface area contributed by atoms with Crippen LogP contribution in [0.2, 0.25) is 5.02 Å². The van der Waals surface area contributed by atoms with Gasteiger partial charge >= 0.3 is 12.1 Å². The summed E-state index contributed by atoms with van der Waals surface area (Å²) in [5.41, 5.74) is -2.03. The maximum absolute atomic E-state index is 13.4. The zero-order chi connectivity index (χ0) is 18.4. The van der Waals surface area contributed by atoms with Crippen LogP contribution in [0.1, 0.15) is 18.3 Å². The molecular weight excluding hydrogens is 357 g/mol. The largest absolute Gasteiger partial charge is 0.509 e. The number of aromatic nitrogens is 3. The van der Waals surface area contributed by atoms with Crippen molar-refractivity contribution in [3.05, 3.63) is 46.8 Å². The molecular formula is C15H15ClFN3O5. The third kappa shape index (κ3) is 4.05. The molecule has 0 bridgehead atoms. The Bertz CT molecular complexity index is 756. The van der Waals surface area contributed by atoms with Crippen molar-refractivity contribution in [2.75, 3.05) is 13.7 Å². The van der Waals surface area contributed by atoms with Gasteiger partial charge in [-0.1, -0.05) is 11.6 Å². The van der Waals surface area contributed by atoms with Gasteiger partial charge in [0.2, 0.25) is 5.60 Å². The number of rotatable bonds is 6. The molecule has 1 atom stereocenters. The number of ether oxygens (including phenoxy) is 3. The highest BCUT2D eigenvalue weighted by atomic mass is 35.5. The van der Waals surface area contributed by atoms with Gasteiger partial charge in [-0.3, -0.25) is 5.10 Å². The molecule has 0 spiro atoms. The summed E-state index contributed by atoms with van der Waals surface area (Å²) >= 11 is 6.09. The second-order valence-corrected chi connectivity index (χ2v) is 5.23. The Kier molecular flexibility index (Phi) is 5.92. The monoisotopic (exact) mass is 371 g/mol. The first kappa shape index (κ1) is 18.7. The highest BCUT2D eigenvalue weighted by molar-refractivity contribution is 6.31. The van der Waals surface area contributed by atoms with Gasteiger partial charge in [0.25, 0.3) is 0 Å². The van der Waals surface area contributed by atoms with Gasteiger partial charge in [0.15, 0.2) is 5.82 Å². The van der Waals surface area contributed by atoms with Crippen LogP contribution in [-0.2, 0) is 31.0 Å². The van der Waals surface area contributed by atoms with E-state index in [0.29, 0.717) is 0 Å². The van der Waals surface area contributed by atoms with E-state index in [-0.39, 0.29) is 29.4 Å². The lowest BCUT2D eigenvalue weighted by Gasteiger charge is -2.30. The molecule has 1 N–H and O–H groups in total. The van der Waals surface area contributed by atoms with E-state index >= 15 is 0 Å². The van der Waals surface area contributed by atoms with Crippen LogP contribution >= 0.6 is 11.6 Å². The number of carbonyl (C=O) groups is 2. The lowest BCUT2D eigenvalue weighted by Crippen LogP contribution is -2.44. The molecule has 2 aromatic rings. The van der Waals surface area contributed by atoms with Gasteiger partial charge in [0.05, 0.1) is 25.2 Å². The SMILES string of the molecule is CCOC(=O)OC(Cc1nc[nH]n1)(C(=O)OC)c1ccc(F)cc1Cl. The van der Waals surface area contributed by atoms with Gasteiger partial charge in [-0.25, -0.2) is 19.0 Å². The third-order valence-electron chi connectivity index (χ3n) is 3.27. The number of aromatic amines is 1. The molecule has 1 unspecified atom stereocenters. The summed E-state index contributed by atoms with van der Waals surface area (Å²) in [6.45, 7) is 1.59. The zero-order valence-corrected chi connectivity index (χ0v) is 14.2. The predicted octanol–water partition coefficient (Wildman–Crippen LogP) is 2.38. The average Bonchev–Trinajstić information content (AvgIpc) is 3.06. The number of nitrogens with one attached hydrogen (secondary N) is 1. The molecule has 2 rings (SSSR count). The Morgan fingerprint density at radius 1 is 1.40 bits per heavy atom. The van der Waals surface area contributed by atoms with Crippen LogP contribution in [-0.4, -0.2) is 41.0 Å². The molecule has 0 saturated carbocycles. The van der Waals surface area contributed by atoms with Gasteiger partial charge in [0, 0.05) is 5.56 Å². The van der Waals surface area contributed by atoms with E-state index < -0.39 is 23.5 Å². The Balaban J connectivity index is 2.59. The molecule has 134 valence electrons. The highest BCUT2D eigenvalue weighted by Gasteiger charge is 2.49. The quantitative estimate of drug-likeness (QED) is 0.777. The normalized spacial score (nSPS) is 13.0.